The van der Waals surface area contributed by atoms with Crippen molar-refractivity contribution in [1.82, 2.24) is 16.0 Å². The van der Waals surface area contributed by atoms with Crippen LogP contribution < -0.4 is 27.0 Å². The van der Waals surface area contributed by atoms with Gasteiger partial charge < -0.3 is 26.8 Å². The fourth-order valence-corrected chi connectivity index (χ4v) is 4.04. The molecule has 1 aliphatic carbocycles. The summed E-state index contributed by atoms with van der Waals surface area (Å²) in [7, 11) is 1.45. The van der Waals surface area contributed by atoms with Gasteiger partial charge in [-0.3, -0.25) is 24.7 Å². The Hall–Kier alpha value is -3.57. The fourth-order valence-electron chi connectivity index (χ4n) is 3.53. The first-order valence-electron chi connectivity index (χ1n) is 15.1. The van der Waals surface area contributed by atoms with Crippen molar-refractivity contribution in [1.29, 1.82) is 0 Å². The van der Waals surface area contributed by atoms with Crippen molar-refractivity contribution in [3.63, 3.8) is 0 Å². The van der Waals surface area contributed by atoms with Crippen LogP contribution in [0, 0.1) is 5.92 Å². The summed E-state index contributed by atoms with van der Waals surface area (Å²) in [5, 5.41) is 20.8. The molecule has 7 N–H and O–H groups in total. The van der Waals surface area contributed by atoms with Crippen molar-refractivity contribution in [2.75, 3.05) is 25.2 Å². The molecule has 0 aliphatic heterocycles. The van der Waals surface area contributed by atoms with Gasteiger partial charge in [-0.2, -0.15) is 0 Å². The van der Waals surface area contributed by atoms with E-state index >= 15 is 0 Å². The van der Waals surface area contributed by atoms with Crippen LogP contribution in [0.5, 0.6) is 0 Å². The van der Waals surface area contributed by atoms with Gasteiger partial charge in [-0.1, -0.05) is 51.1 Å². The molecule has 0 radical (unpaired) electrons. The third-order valence-corrected chi connectivity index (χ3v) is 7.14. The van der Waals surface area contributed by atoms with E-state index in [1.807, 2.05) is 11.8 Å². The Kier molecular flexibility index (Phi) is 22.8. The van der Waals surface area contributed by atoms with Gasteiger partial charge in [-0.05, 0) is 82.0 Å². The predicted octanol–water partition coefficient (Wildman–Crippen LogP) is 5.20. The van der Waals surface area contributed by atoms with Crippen LogP contribution in [-0.2, 0) is 20.8 Å². The lowest BCUT2D eigenvalue weighted by atomic mass is 10.0. The number of anilines is 1. The third kappa shape index (κ3) is 20.4. The molecule has 0 spiro atoms. The summed E-state index contributed by atoms with van der Waals surface area (Å²) in [4.78, 5) is 39.1. The lowest BCUT2D eigenvalue weighted by Gasteiger charge is -2.15. The molecular formula is C33H54N6O4S. The molecule has 1 aromatic carbocycles. The summed E-state index contributed by atoms with van der Waals surface area (Å²) in [6.45, 7) is 11.7. The van der Waals surface area contributed by atoms with E-state index in [2.05, 4.69) is 78.4 Å². The highest BCUT2D eigenvalue weighted by atomic mass is 32.2. The lowest BCUT2D eigenvalue weighted by Crippen LogP contribution is -2.36. The minimum atomic E-state index is -0.509. The number of thioether (sulfide) groups is 1. The third-order valence-electron chi connectivity index (χ3n) is 6.37. The number of hydrogen-bond acceptors (Lipinski definition) is 7. The number of allylic oxidation sites excluding steroid dienone is 4. The summed E-state index contributed by atoms with van der Waals surface area (Å²) < 4.78 is 0. The molecule has 2 rings (SSSR count). The van der Waals surface area contributed by atoms with Crippen molar-refractivity contribution >= 4 is 41.6 Å². The van der Waals surface area contributed by atoms with E-state index in [9.17, 15) is 19.5 Å². The van der Waals surface area contributed by atoms with E-state index in [0.717, 1.165) is 18.0 Å². The van der Waals surface area contributed by atoms with E-state index in [1.54, 1.807) is 31.2 Å². The zero-order chi connectivity index (χ0) is 33.3. The maximum absolute atomic E-state index is 11.9. The highest BCUT2D eigenvalue weighted by Crippen LogP contribution is 2.18. The molecule has 44 heavy (non-hydrogen) atoms. The van der Waals surface area contributed by atoms with Gasteiger partial charge in [-0.15, -0.1) is 11.8 Å². The van der Waals surface area contributed by atoms with Crippen LogP contribution >= 0.6 is 11.8 Å². The van der Waals surface area contributed by atoms with E-state index in [1.165, 1.54) is 37.3 Å². The molecule has 0 saturated heterocycles. The molecule has 0 heterocycles. The first-order valence-corrected chi connectivity index (χ1v) is 16.3. The number of nitrogens with one attached hydrogen (secondary N) is 4. The smallest absolute Gasteiger partial charge is 0.227 e. The van der Waals surface area contributed by atoms with Crippen LogP contribution in [0.1, 0.15) is 72.3 Å². The summed E-state index contributed by atoms with van der Waals surface area (Å²) in [5.41, 5.74) is 6.82. The van der Waals surface area contributed by atoms with Gasteiger partial charge in [-0.25, -0.2) is 0 Å². The number of carbonyl (C=O) groups excluding carboxylic acids is 3. The Morgan fingerprint density at radius 3 is 2.25 bits per heavy atom. The second-order valence-corrected chi connectivity index (χ2v) is 11.4. The topological polar surface area (TPSA) is 158 Å². The Bertz CT molecular complexity index is 1100. The zero-order valence-corrected chi connectivity index (χ0v) is 28.3. The standard InChI is InChI=1S/C18H25N5O4.C8H19N.C7H10S/c1-3-15(25)14(21-11-24)10-12-4-6-13(7-5-12)22-16(26)8-9-17(27)23-18(19)20-2;1-5-8(4)9-6-7(2)3;1-8-7-5-3-2-4-6-7/h3-7,11,14,25H,8-10H2,1-2H3,(H,21,24)(H,22,26)(H3,19,20,23,27);7-9H,5-6H2,1-4H3;3,5-6H,2,4H2,1H3. The fraction of sp³-hybridized carbons (Fsp3) is 0.515. The maximum Gasteiger partial charge on any atom is 0.227 e. The van der Waals surface area contributed by atoms with Gasteiger partial charge in [0.2, 0.25) is 18.2 Å². The number of hydrogen-bond donors (Lipinski definition) is 6. The van der Waals surface area contributed by atoms with Crippen LogP contribution in [0.15, 0.2) is 64.2 Å². The Morgan fingerprint density at radius 1 is 1.11 bits per heavy atom. The quantitative estimate of drug-likeness (QED) is 0.0714. The summed E-state index contributed by atoms with van der Waals surface area (Å²) in [6.07, 6.45) is 15.0. The monoisotopic (exact) mass is 630 g/mol. The number of aliphatic hydroxyl groups is 1. The normalized spacial score (nSPS) is 14.1. The van der Waals surface area contributed by atoms with Crippen LogP contribution in [0.4, 0.5) is 5.69 Å². The molecule has 11 heteroatoms. The first kappa shape index (κ1) is 40.4. The largest absolute Gasteiger partial charge is 0.510 e. The van der Waals surface area contributed by atoms with Gasteiger partial charge >= 0.3 is 0 Å². The number of nitrogens with zero attached hydrogens (tertiary/aromatic N) is 1. The molecule has 246 valence electrons. The lowest BCUT2D eigenvalue weighted by molar-refractivity contribution is -0.123. The Morgan fingerprint density at radius 2 is 1.77 bits per heavy atom. The van der Waals surface area contributed by atoms with Crippen molar-refractivity contribution in [3.05, 3.63) is 64.8 Å². The summed E-state index contributed by atoms with van der Waals surface area (Å²) in [5.74, 6) is 0.158. The van der Waals surface area contributed by atoms with Crippen LogP contribution in [-0.4, -0.2) is 61.2 Å². The van der Waals surface area contributed by atoms with Crippen LogP contribution in [0.25, 0.3) is 0 Å². The molecule has 1 aliphatic rings. The van der Waals surface area contributed by atoms with E-state index < -0.39 is 6.04 Å². The number of nitrogens with two attached hydrogens (primary N) is 1. The summed E-state index contributed by atoms with van der Waals surface area (Å²) in [6, 6.07) is 7.16. The zero-order valence-electron chi connectivity index (χ0n) is 27.5. The molecular weight excluding hydrogens is 576 g/mol. The molecule has 2 atom stereocenters. The number of benzene rings is 1. The van der Waals surface area contributed by atoms with Gasteiger partial charge in [0.15, 0.2) is 5.96 Å². The molecule has 0 bridgehead atoms. The molecule has 3 amide bonds. The van der Waals surface area contributed by atoms with Gasteiger partial charge in [0.25, 0.3) is 0 Å². The predicted molar refractivity (Wildman–Crippen MR) is 186 cm³/mol. The van der Waals surface area contributed by atoms with Gasteiger partial charge in [0.1, 0.15) is 5.76 Å². The Labute approximate surface area is 268 Å². The summed E-state index contributed by atoms with van der Waals surface area (Å²) >= 11 is 1.82. The molecule has 1 aromatic rings. The molecule has 0 aromatic heterocycles. The first-order chi connectivity index (χ1) is 21.0. The molecule has 10 nitrogen and oxygen atoms in total. The number of rotatable bonds is 14. The molecule has 2 unspecified atom stereocenters. The molecule has 0 saturated carbocycles. The minimum Gasteiger partial charge on any atom is -0.510 e. The maximum atomic E-state index is 11.9. The average Bonchev–Trinajstić information content (AvgIpc) is 3.03. The van der Waals surface area contributed by atoms with Gasteiger partial charge in [0, 0.05) is 36.5 Å². The highest BCUT2D eigenvalue weighted by molar-refractivity contribution is 8.02. The number of aliphatic hydroxyl groups excluding tert-OH is 1. The van der Waals surface area contributed by atoms with E-state index in [-0.39, 0.29) is 36.4 Å². The van der Waals surface area contributed by atoms with Crippen molar-refractivity contribution < 1.29 is 19.5 Å². The van der Waals surface area contributed by atoms with Crippen molar-refractivity contribution in [2.24, 2.45) is 16.6 Å². The number of amides is 3. The second kappa shape index (κ2) is 24.8. The van der Waals surface area contributed by atoms with Crippen LogP contribution in [0.2, 0.25) is 0 Å². The highest BCUT2D eigenvalue weighted by Gasteiger charge is 2.13. The van der Waals surface area contributed by atoms with Crippen molar-refractivity contribution in [2.45, 2.75) is 85.2 Å². The van der Waals surface area contributed by atoms with Gasteiger partial charge in [0.05, 0.1) is 6.04 Å². The van der Waals surface area contributed by atoms with Crippen LogP contribution in [0.3, 0.4) is 0 Å². The second-order valence-electron chi connectivity index (χ2n) is 10.6. The van der Waals surface area contributed by atoms with E-state index in [4.69, 9.17) is 5.73 Å². The number of carbonyl (C=O) groups is 3. The number of guanidine groups is 1. The van der Waals surface area contributed by atoms with E-state index in [0.29, 0.717) is 24.6 Å². The minimum absolute atomic E-state index is 0.00215. The van der Waals surface area contributed by atoms with Crippen molar-refractivity contribution in [3.8, 4) is 0 Å². The average molecular weight is 631 g/mol. The number of aliphatic imine (C=N–C) groups is 1. The SMILES string of the molecule is CC=C(O)C(Cc1ccc(NC(=O)CCC(=O)NC(N)=NC)cc1)NC=O.CCC(C)NCC(C)C.CSC1=CCCC=C1. The molecule has 0 fully saturated rings. The Balaban J connectivity index is 0.000000877.